The minimum Gasteiger partial charge on any atom is -0.503 e. The molecule has 2 rings (SSSR count). The average molecular weight is 166 g/mol. The highest BCUT2D eigenvalue weighted by atomic mass is 32.1. The summed E-state index contributed by atoms with van der Waals surface area (Å²) in [5, 5.41) is 19.1. The highest BCUT2D eigenvalue weighted by Crippen LogP contribution is 2.41. The van der Waals surface area contributed by atoms with Crippen LogP contribution in [0.4, 0.5) is 0 Å². The van der Waals surface area contributed by atoms with Gasteiger partial charge in [-0.1, -0.05) is 23.5 Å². The third kappa shape index (κ3) is 0.851. The van der Waals surface area contributed by atoms with Crippen molar-refractivity contribution in [1.82, 2.24) is 0 Å². The first-order chi connectivity index (χ1) is 5.29. The molecule has 0 saturated heterocycles. The average Bonchev–Trinajstić information content (AvgIpc) is 2.30. The van der Waals surface area contributed by atoms with Crippen LogP contribution in [-0.4, -0.2) is 10.2 Å². The molecule has 2 nitrogen and oxygen atoms in total. The number of rotatable bonds is 0. The number of aromatic hydroxyl groups is 2. The summed E-state index contributed by atoms with van der Waals surface area (Å²) in [6.07, 6.45) is 0. The van der Waals surface area contributed by atoms with Crippen molar-refractivity contribution in [3.05, 3.63) is 24.3 Å². The molecule has 11 heavy (non-hydrogen) atoms. The predicted octanol–water partition coefficient (Wildman–Crippen LogP) is 2.31. The van der Waals surface area contributed by atoms with E-state index in [4.69, 9.17) is 5.11 Å². The number of hydrogen-bond acceptors (Lipinski definition) is 3. The van der Waals surface area contributed by atoms with E-state index in [1.807, 2.05) is 18.2 Å². The fourth-order valence-electron chi connectivity index (χ4n) is 1.02. The van der Waals surface area contributed by atoms with Gasteiger partial charge in [-0.15, -0.1) is 0 Å². The summed E-state index contributed by atoms with van der Waals surface area (Å²) in [6.45, 7) is 0. The van der Waals surface area contributed by atoms with Crippen LogP contribution < -0.4 is 0 Å². The second-order valence-corrected chi connectivity index (χ2v) is 3.28. The Morgan fingerprint density at radius 2 is 1.82 bits per heavy atom. The van der Waals surface area contributed by atoms with Gasteiger partial charge in [-0.25, -0.2) is 0 Å². The first-order valence-electron chi connectivity index (χ1n) is 3.18. The van der Waals surface area contributed by atoms with Crippen LogP contribution >= 0.6 is 11.3 Å². The zero-order valence-corrected chi connectivity index (χ0v) is 6.43. The lowest BCUT2D eigenvalue weighted by Gasteiger charge is -1.86. The van der Waals surface area contributed by atoms with Gasteiger partial charge in [0, 0.05) is 10.1 Å². The Kier molecular flexibility index (Phi) is 1.26. The molecule has 0 aliphatic carbocycles. The maximum atomic E-state index is 9.26. The molecule has 56 valence electrons. The van der Waals surface area contributed by atoms with Crippen molar-refractivity contribution in [3.8, 4) is 10.8 Å². The molecule has 0 amide bonds. The van der Waals surface area contributed by atoms with Crippen molar-refractivity contribution in [2.45, 2.75) is 0 Å². The Morgan fingerprint density at radius 1 is 1.09 bits per heavy atom. The van der Waals surface area contributed by atoms with Gasteiger partial charge >= 0.3 is 0 Å². The second kappa shape index (κ2) is 2.13. The topological polar surface area (TPSA) is 40.5 Å². The molecule has 0 radical (unpaired) electrons. The van der Waals surface area contributed by atoms with Gasteiger partial charge in [0.05, 0.1) is 0 Å². The first kappa shape index (κ1) is 6.49. The van der Waals surface area contributed by atoms with Gasteiger partial charge in [0.15, 0.2) is 5.75 Å². The van der Waals surface area contributed by atoms with Gasteiger partial charge in [-0.3, -0.25) is 0 Å². The van der Waals surface area contributed by atoms with Gasteiger partial charge in [0.25, 0.3) is 0 Å². The molecule has 0 fully saturated rings. The van der Waals surface area contributed by atoms with Gasteiger partial charge in [0.1, 0.15) is 0 Å². The molecule has 0 aliphatic rings. The number of thiophene rings is 1. The van der Waals surface area contributed by atoms with Gasteiger partial charge < -0.3 is 10.2 Å². The largest absolute Gasteiger partial charge is 0.503 e. The zero-order chi connectivity index (χ0) is 7.84. The molecule has 0 unspecified atom stereocenters. The molecule has 0 atom stereocenters. The van der Waals surface area contributed by atoms with E-state index in [0.717, 1.165) is 10.1 Å². The number of hydrogen-bond donors (Lipinski definition) is 2. The van der Waals surface area contributed by atoms with Crippen molar-refractivity contribution in [2.24, 2.45) is 0 Å². The van der Waals surface area contributed by atoms with Crippen LogP contribution in [0, 0.1) is 0 Å². The van der Waals surface area contributed by atoms with Crippen molar-refractivity contribution in [3.63, 3.8) is 0 Å². The highest BCUT2D eigenvalue weighted by Gasteiger charge is 2.07. The fraction of sp³-hybridized carbons (Fsp3) is 0. The van der Waals surface area contributed by atoms with E-state index in [2.05, 4.69) is 0 Å². The Labute approximate surface area is 67.3 Å². The lowest BCUT2D eigenvalue weighted by Crippen LogP contribution is -1.60. The van der Waals surface area contributed by atoms with E-state index in [1.165, 1.54) is 11.3 Å². The molecule has 1 heterocycles. The zero-order valence-electron chi connectivity index (χ0n) is 5.61. The third-order valence-corrected chi connectivity index (χ3v) is 2.51. The van der Waals surface area contributed by atoms with Crippen molar-refractivity contribution in [2.75, 3.05) is 0 Å². The van der Waals surface area contributed by atoms with Crippen LogP contribution in [0.15, 0.2) is 24.3 Å². The minimum atomic E-state index is -0.00870. The van der Waals surface area contributed by atoms with E-state index in [9.17, 15) is 5.11 Å². The van der Waals surface area contributed by atoms with Crippen LogP contribution in [0.25, 0.3) is 10.1 Å². The van der Waals surface area contributed by atoms with Crippen LogP contribution in [0.5, 0.6) is 10.8 Å². The summed E-state index contributed by atoms with van der Waals surface area (Å²) in [4.78, 5) is 0. The lowest BCUT2D eigenvalue weighted by molar-refractivity contribution is 0.419. The molecule has 1 aromatic carbocycles. The maximum absolute atomic E-state index is 9.26. The van der Waals surface area contributed by atoms with Crippen LogP contribution in [-0.2, 0) is 0 Å². The number of benzene rings is 1. The van der Waals surface area contributed by atoms with Crippen LogP contribution in [0.3, 0.4) is 0 Å². The molecule has 0 spiro atoms. The first-order valence-corrected chi connectivity index (χ1v) is 4.00. The van der Waals surface area contributed by atoms with Crippen molar-refractivity contribution in [1.29, 1.82) is 0 Å². The molecule has 1 aromatic heterocycles. The van der Waals surface area contributed by atoms with Gasteiger partial charge in [-0.05, 0) is 12.1 Å². The van der Waals surface area contributed by atoms with Crippen molar-refractivity contribution >= 4 is 21.4 Å². The summed E-state index contributed by atoms with van der Waals surface area (Å²) in [6, 6.07) is 7.34. The molecular formula is C8H6O2S. The van der Waals surface area contributed by atoms with E-state index >= 15 is 0 Å². The normalized spacial score (nSPS) is 10.5. The predicted molar refractivity (Wildman–Crippen MR) is 45.2 cm³/mol. The van der Waals surface area contributed by atoms with Gasteiger partial charge in [0.2, 0.25) is 5.06 Å². The summed E-state index contributed by atoms with van der Waals surface area (Å²) in [5.74, 6) is -0.00870. The minimum absolute atomic E-state index is 0.00815. The van der Waals surface area contributed by atoms with Crippen LogP contribution in [0.2, 0.25) is 0 Å². The van der Waals surface area contributed by atoms with E-state index in [1.54, 1.807) is 6.07 Å². The van der Waals surface area contributed by atoms with Crippen LogP contribution in [0.1, 0.15) is 0 Å². The second-order valence-electron chi connectivity index (χ2n) is 2.25. The van der Waals surface area contributed by atoms with Crippen molar-refractivity contribution < 1.29 is 10.2 Å². The molecule has 2 N–H and O–H groups in total. The monoisotopic (exact) mass is 166 g/mol. The van der Waals surface area contributed by atoms with E-state index in [0.29, 0.717) is 0 Å². The lowest BCUT2D eigenvalue weighted by atomic mass is 10.2. The molecule has 0 aliphatic heterocycles. The Hall–Kier alpha value is -1.22. The summed E-state index contributed by atoms with van der Waals surface area (Å²) in [7, 11) is 0. The molecule has 2 aromatic rings. The molecular weight excluding hydrogens is 160 g/mol. The summed E-state index contributed by atoms with van der Waals surface area (Å²) in [5.41, 5.74) is 0. The maximum Gasteiger partial charge on any atom is 0.215 e. The molecule has 3 heteroatoms. The standard InChI is InChI=1S/C8H6O2S/c9-7-5-3-1-2-4-6(5)11-8(7)10/h1-4,9-10H. The third-order valence-electron chi connectivity index (χ3n) is 1.55. The Bertz CT molecular complexity index is 392. The number of fused-ring (bicyclic) bond motifs is 1. The van der Waals surface area contributed by atoms with E-state index < -0.39 is 0 Å². The summed E-state index contributed by atoms with van der Waals surface area (Å²) < 4.78 is 0.905. The Balaban J connectivity index is 2.92. The molecule has 0 saturated carbocycles. The quantitative estimate of drug-likeness (QED) is 0.630. The SMILES string of the molecule is Oc1sc2ccccc2c1O. The van der Waals surface area contributed by atoms with E-state index in [-0.39, 0.29) is 10.8 Å². The Morgan fingerprint density at radius 3 is 2.55 bits per heavy atom. The fourth-order valence-corrected chi connectivity index (χ4v) is 1.86. The van der Waals surface area contributed by atoms with Gasteiger partial charge in [-0.2, -0.15) is 0 Å². The smallest absolute Gasteiger partial charge is 0.215 e. The molecule has 0 bridgehead atoms. The summed E-state index contributed by atoms with van der Waals surface area (Å²) >= 11 is 1.18. The highest BCUT2D eigenvalue weighted by molar-refractivity contribution is 7.21.